The van der Waals surface area contributed by atoms with Gasteiger partial charge in [-0.2, -0.15) is 0 Å². The molecular weight excluding hydrogens is 158 g/mol. The van der Waals surface area contributed by atoms with E-state index in [1.807, 2.05) is 0 Å². The third-order valence-electron chi connectivity index (χ3n) is 3.26. The summed E-state index contributed by atoms with van der Waals surface area (Å²) in [5.41, 5.74) is 1.32. The van der Waals surface area contributed by atoms with Crippen LogP contribution in [0.15, 0.2) is 12.3 Å². The summed E-state index contributed by atoms with van der Waals surface area (Å²) in [6.07, 6.45) is 3.86. The summed E-state index contributed by atoms with van der Waals surface area (Å²) in [6, 6.07) is 0. The van der Waals surface area contributed by atoms with Crippen LogP contribution in [0, 0.1) is 11.8 Å². The molecular formula is C12H23N. The van der Waals surface area contributed by atoms with Crippen LogP contribution < -0.4 is 0 Å². The zero-order valence-corrected chi connectivity index (χ0v) is 9.34. The highest BCUT2D eigenvalue weighted by Gasteiger charge is 2.22. The van der Waals surface area contributed by atoms with Crippen LogP contribution in [0.1, 0.15) is 40.0 Å². The fourth-order valence-electron chi connectivity index (χ4n) is 2.06. The van der Waals surface area contributed by atoms with Gasteiger partial charge in [0, 0.05) is 18.8 Å². The molecule has 0 aromatic rings. The predicted octanol–water partition coefficient (Wildman–Crippen LogP) is 3.28. The van der Waals surface area contributed by atoms with Crippen molar-refractivity contribution >= 4 is 0 Å². The number of hydrogen-bond donors (Lipinski definition) is 0. The highest BCUT2D eigenvalue weighted by Crippen LogP contribution is 2.25. The molecule has 1 aliphatic heterocycles. The summed E-state index contributed by atoms with van der Waals surface area (Å²) < 4.78 is 0. The van der Waals surface area contributed by atoms with Gasteiger partial charge in [-0.25, -0.2) is 0 Å². The molecule has 76 valence electrons. The molecule has 0 saturated carbocycles. The fourth-order valence-corrected chi connectivity index (χ4v) is 2.06. The van der Waals surface area contributed by atoms with E-state index < -0.39 is 0 Å². The Bertz CT molecular complexity index is 172. The van der Waals surface area contributed by atoms with Crippen molar-refractivity contribution in [3.05, 3.63) is 12.3 Å². The maximum Gasteiger partial charge on any atom is 0.0205 e. The SMILES string of the molecule is C=C(CC)N1CCCC(C(C)C)C1. The summed E-state index contributed by atoms with van der Waals surface area (Å²) in [4.78, 5) is 2.48. The Morgan fingerprint density at radius 3 is 2.77 bits per heavy atom. The molecule has 1 unspecified atom stereocenters. The Kier molecular flexibility index (Phi) is 3.83. The number of piperidine rings is 1. The predicted molar refractivity (Wildman–Crippen MR) is 58.6 cm³/mol. The molecule has 1 fully saturated rings. The van der Waals surface area contributed by atoms with Crippen molar-refractivity contribution in [3.63, 3.8) is 0 Å². The molecule has 0 N–H and O–H groups in total. The highest BCUT2D eigenvalue weighted by atomic mass is 15.1. The molecule has 1 aliphatic rings. The first kappa shape index (κ1) is 10.6. The molecule has 0 amide bonds. The molecule has 13 heavy (non-hydrogen) atoms. The lowest BCUT2D eigenvalue weighted by molar-refractivity contribution is 0.177. The molecule has 1 heterocycles. The lowest BCUT2D eigenvalue weighted by Gasteiger charge is -2.37. The monoisotopic (exact) mass is 181 g/mol. The van der Waals surface area contributed by atoms with Crippen LogP contribution in [-0.4, -0.2) is 18.0 Å². The number of hydrogen-bond acceptors (Lipinski definition) is 1. The Hall–Kier alpha value is -0.460. The second-order valence-electron chi connectivity index (χ2n) is 4.51. The van der Waals surface area contributed by atoms with Crippen molar-refractivity contribution in [1.29, 1.82) is 0 Å². The molecule has 0 aliphatic carbocycles. The molecule has 1 saturated heterocycles. The van der Waals surface area contributed by atoms with Crippen molar-refractivity contribution < 1.29 is 0 Å². The van der Waals surface area contributed by atoms with Crippen LogP contribution in [0.4, 0.5) is 0 Å². The molecule has 0 bridgehead atoms. The van der Waals surface area contributed by atoms with Crippen LogP contribution >= 0.6 is 0 Å². The van der Waals surface area contributed by atoms with Gasteiger partial charge in [-0.1, -0.05) is 27.4 Å². The molecule has 0 spiro atoms. The van der Waals surface area contributed by atoms with E-state index in [4.69, 9.17) is 0 Å². The fraction of sp³-hybridized carbons (Fsp3) is 0.833. The first-order valence-electron chi connectivity index (χ1n) is 5.57. The molecule has 1 heteroatoms. The van der Waals surface area contributed by atoms with Crippen LogP contribution in [0.2, 0.25) is 0 Å². The average Bonchev–Trinajstić information content (AvgIpc) is 2.17. The van der Waals surface area contributed by atoms with Gasteiger partial charge in [-0.3, -0.25) is 0 Å². The molecule has 1 rings (SSSR count). The topological polar surface area (TPSA) is 3.24 Å². The van der Waals surface area contributed by atoms with E-state index in [0.29, 0.717) is 0 Å². The van der Waals surface area contributed by atoms with E-state index in [0.717, 1.165) is 18.3 Å². The zero-order chi connectivity index (χ0) is 9.84. The zero-order valence-electron chi connectivity index (χ0n) is 9.34. The van der Waals surface area contributed by atoms with Crippen LogP contribution in [0.5, 0.6) is 0 Å². The lowest BCUT2D eigenvalue weighted by Crippen LogP contribution is -2.36. The second-order valence-corrected chi connectivity index (χ2v) is 4.51. The summed E-state index contributed by atoms with van der Waals surface area (Å²) in [6.45, 7) is 13.5. The van der Waals surface area contributed by atoms with E-state index in [1.165, 1.54) is 31.6 Å². The third kappa shape index (κ3) is 2.75. The minimum Gasteiger partial charge on any atom is -0.375 e. The minimum atomic E-state index is 0.826. The molecule has 1 nitrogen and oxygen atoms in total. The van der Waals surface area contributed by atoms with E-state index >= 15 is 0 Å². The number of allylic oxidation sites excluding steroid dienone is 1. The van der Waals surface area contributed by atoms with Gasteiger partial charge in [0.1, 0.15) is 0 Å². The molecule has 0 radical (unpaired) electrons. The third-order valence-corrected chi connectivity index (χ3v) is 3.26. The summed E-state index contributed by atoms with van der Waals surface area (Å²) in [5, 5.41) is 0. The quantitative estimate of drug-likeness (QED) is 0.646. The van der Waals surface area contributed by atoms with Gasteiger partial charge in [-0.05, 0) is 31.1 Å². The van der Waals surface area contributed by atoms with Crippen molar-refractivity contribution in [2.24, 2.45) is 11.8 Å². The van der Waals surface area contributed by atoms with Crippen molar-refractivity contribution in [3.8, 4) is 0 Å². The van der Waals surface area contributed by atoms with Crippen molar-refractivity contribution in [1.82, 2.24) is 4.90 Å². The van der Waals surface area contributed by atoms with Gasteiger partial charge in [0.2, 0.25) is 0 Å². The smallest absolute Gasteiger partial charge is 0.0205 e. The first-order valence-corrected chi connectivity index (χ1v) is 5.57. The Labute approximate surface area is 82.8 Å². The van der Waals surface area contributed by atoms with Gasteiger partial charge in [-0.15, -0.1) is 0 Å². The number of rotatable bonds is 3. The van der Waals surface area contributed by atoms with Crippen molar-refractivity contribution in [2.45, 2.75) is 40.0 Å². The Balaban J connectivity index is 2.46. The van der Waals surface area contributed by atoms with Crippen molar-refractivity contribution in [2.75, 3.05) is 13.1 Å². The Morgan fingerprint density at radius 2 is 2.23 bits per heavy atom. The second kappa shape index (κ2) is 4.69. The van der Waals surface area contributed by atoms with Gasteiger partial charge in [0.25, 0.3) is 0 Å². The normalized spacial score (nSPS) is 23.7. The lowest BCUT2D eigenvalue weighted by atomic mass is 9.87. The van der Waals surface area contributed by atoms with E-state index in [2.05, 4.69) is 32.3 Å². The Morgan fingerprint density at radius 1 is 1.54 bits per heavy atom. The largest absolute Gasteiger partial charge is 0.375 e. The molecule has 0 aromatic heterocycles. The number of nitrogens with zero attached hydrogens (tertiary/aromatic N) is 1. The van der Waals surface area contributed by atoms with Gasteiger partial charge in [0.15, 0.2) is 0 Å². The number of likely N-dealkylation sites (tertiary alicyclic amines) is 1. The van der Waals surface area contributed by atoms with Crippen LogP contribution in [0.3, 0.4) is 0 Å². The maximum atomic E-state index is 4.12. The van der Waals surface area contributed by atoms with Crippen LogP contribution in [-0.2, 0) is 0 Å². The minimum absolute atomic E-state index is 0.826. The van der Waals surface area contributed by atoms with E-state index in [9.17, 15) is 0 Å². The maximum absolute atomic E-state index is 4.12. The van der Waals surface area contributed by atoms with Gasteiger partial charge in [0.05, 0.1) is 0 Å². The summed E-state index contributed by atoms with van der Waals surface area (Å²) >= 11 is 0. The molecule has 1 atom stereocenters. The van der Waals surface area contributed by atoms with E-state index in [-0.39, 0.29) is 0 Å². The summed E-state index contributed by atoms with van der Waals surface area (Å²) in [7, 11) is 0. The average molecular weight is 181 g/mol. The van der Waals surface area contributed by atoms with Gasteiger partial charge < -0.3 is 4.90 Å². The summed E-state index contributed by atoms with van der Waals surface area (Å²) in [5.74, 6) is 1.71. The molecule has 0 aromatic carbocycles. The van der Waals surface area contributed by atoms with Crippen LogP contribution in [0.25, 0.3) is 0 Å². The highest BCUT2D eigenvalue weighted by molar-refractivity contribution is 4.95. The van der Waals surface area contributed by atoms with Gasteiger partial charge >= 0.3 is 0 Å². The standard InChI is InChI=1S/C12H23N/c1-5-11(4)13-8-6-7-12(9-13)10(2)3/h10,12H,4-9H2,1-3H3. The van der Waals surface area contributed by atoms with E-state index in [1.54, 1.807) is 0 Å². The first-order chi connectivity index (χ1) is 6.15.